The molecular formula is C17H20FN6O3+. The molecule has 1 aromatic heterocycles. The summed E-state index contributed by atoms with van der Waals surface area (Å²) in [4.78, 5) is 20.3. The van der Waals surface area contributed by atoms with Gasteiger partial charge in [0.1, 0.15) is 5.82 Å². The van der Waals surface area contributed by atoms with Crippen molar-refractivity contribution in [3.63, 3.8) is 0 Å². The monoisotopic (exact) mass is 375 g/mol. The lowest BCUT2D eigenvalue weighted by molar-refractivity contribution is -0.625. The van der Waals surface area contributed by atoms with Crippen LogP contribution in [0.25, 0.3) is 16.8 Å². The zero-order valence-electron chi connectivity index (χ0n) is 15.1. The molecule has 10 heteroatoms. The largest absolute Gasteiger partial charge is 0.480 e. The van der Waals surface area contributed by atoms with E-state index in [0.29, 0.717) is 23.4 Å². The quantitative estimate of drug-likeness (QED) is 0.420. The standard InChI is InChI=1S/C17H19FN6O3/c1-4-20-15(25)14-12(19)8-5-6-10(18)11(13(8)23-24-14)9-7-21-17(27-3)22-16(9)26-2/h5-7,23-24H,4,19H2,1-3H3,(H,20,25)/p+1. The van der Waals surface area contributed by atoms with Crippen LogP contribution in [0.2, 0.25) is 0 Å². The first-order chi connectivity index (χ1) is 13.0. The highest BCUT2D eigenvalue weighted by atomic mass is 19.1. The van der Waals surface area contributed by atoms with Gasteiger partial charge in [-0.15, -0.1) is 0 Å². The maximum Gasteiger partial charge on any atom is 0.319 e. The smallest absolute Gasteiger partial charge is 0.319 e. The van der Waals surface area contributed by atoms with E-state index >= 15 is 0 Å². The van der Waals surface area contributed by atoms with E-state index < -0.39 is 5.82 Å². The normalized spacial score (nSPS) is 12.9. The van der Waals surface area contributed by atoms with Gasteiger partial charge in [0.05, 0.1) is 36.6 Å². The number of hydrogen-bond acceptors (Lipinski definition) is 7. The van der Waals surface area contributed by atoms with E-state index in [4.69, 9.17) is 15.2 Å². The molecule has 2 aromatic rings. The van der Waals surface area contributed by atoms with Crippen molar-refractivity contribution in [3.05, 3.63) is 35.4 Å². The van der Waals surface area contributed by atoms with Crippen molar-refractivity contribution in [3.8, 4) is 23.0 Å². The molecule has 27 heavy (non-hydrogen) atoms. The Morgan fingerprint density at radius 1 is 1.33 bits per heavy atom. The summed E-state index contributed by atoms with van der Waals surface area (Å²) < 4.78 is 25.0. The Hall–Kier alpha value is -3.40. The highest BCUT2D eigenvalue weighted by Gasteiger charge is 2.30. The molecule has 0 bridgehead atoms. The topological polar surface area (TPSA) is 128 Å². The van der Waals surface area contributed by atoms with E-state index in [1.807, 2.05) is 0 Å². The maximum atomic E-state index is 14.7. The molecule has 0 saturated heterocycles. The number of methoxy groups -OCH3 is 2. The molecule has 3 rings (SSSR count). The SMILES string of the molecule is CCNC(=O)C1=C(N)c2ccc(F)c(-c3cnc(OC)nc3OC)c2[NH2+]N1. The summed E-state index contributed by atoms with van der Waals surface area (Å²) in [5.74, 6) is -0.694. The van der Waals surface area contributed by atoms with Gasteiger partial charge in [0.15, 0.2) is 11.4 Å². The second-order valence-electron chi connectivity index (χ2n) is 5.60. The fraction of sp³-hybridized carbons (Fsp3) is 0.235. The molecular weight excluding hydrogens is 355 g/mol. The molecule has 2 heterocycles. The average molecular weight is 375 g/mol. The number of ether oxygens (including phenoxy) is 2. The van der Waals surface area contributed by atoms with E-state index in [-0.39, 0.29) is 34.8 Å². The zero-order chi connectivity index (χ0) is 19.6. The lowest BCUT2D eigenvalue weighted by atomic mass is 9.97. The minimum atomic E-state index is -0.506. The van der Waals surface area contributed by atoms with Gasteiger partial charge in [0.2, 0.25) is 5.88 Å². The van der Waals surface area contributed by atoms with Crippen molar-refractivity contribution in [2.45, 2.75) is 6.92 Å². The van der Waals surface area contributed by atoms with Crippen LogP contribution in [0.15, 0.2) is 24.0 Å². The van der Waals surface area contributed by atoms with Crippen molar-refractivity contribution < 1.29 is 24.1 Å². The maximum absolute atomic E-state index is 14.7. The van der Waals surface area contributed by atoms with Crippen LogP contribution in [-0.4, -0.2) is 36.6 Å². The number of nitrogens with one attached hydrogen (secondary N) is 2. The van der Waals surface area contributed by atoms with Gasteiger partial charge in [-0.3, -0.25) is 4.79 Å². The minimum Gasteiger partial charge on any atom is -0.480 e. The van der Waals surface area contributed by atoms with Crippen LogP contribution in [0.3, 0.4) is 0 Å². The summed E-state index contributed by atoms with van der Waals surface area (Å²) in [5, 5.41) is 2.68. The molecule has 1 amide bonds. The van der Waals surface area contributed by atoms with Gasteiger partial charge in [-0.1, -0.05) is 0 Å². The van der Waals surface area contributed by atoms with Gasteiger partial charge < -0.3 is 20.5 Å². The van der Waals surface area contributed by atoms with E-state index in [1.54, 1.807) is 6.92 Å². The number of halogens is 1. The summed E-state index contributed by atoms with van der Waals surface area (Å²) >= 11 is 0. The molecule has 0 spiro atoms. The summed E-state index contributed by atoms with van der Waals surface area (Å²) in [6, 6.07) is 2.90. The van der Waals surface area contributed by atoms with Crippen molar-refractivity contribution in [2.75, 3.05) is 20.8 Å². The molecule has 0 fully saturated rings. The molecule has 1 aromatic carbocycles. The van der Waals surface area contributed by atoms with Gasteiger partial charge in [-0.05, 0) is 19.1 Å². The molecule has 0 aliphatic carbocycles. The number of hydrogen-bond donors (Lipinski definition) is 4. The molecule has 6 N–H and O–H groups in total. The van der Waals surface area contributed by atoms with Gasteiger partial charge >= 0.3 is 6.01 Å². The lowest BCUT2D eigenvalue weighted by Gasteiger charge is -2.22. The Morgan fingerprint density at radius 2 is 2.11 bits per heavy atom. The molecule has 1 aliphatic heterocycles. The molecule has 0 atom stereocenters. The second-order valence-corrected chi connectivity index (χ2v) is 5.60. The number of benzene rings is 1. The molecule has 1 aliphatic rings. The molecule has 0 unspecified atom stereocenters. The van der Waals surface area contributed by atoms with E-state index in [1.165, 1.54) is 38.0 Å². The summed E-state index contributed by atoms with van der Waals surface area (Å²) in [7, 11) is 2.84. The summed E-state index contributed by atoms with van der Waals surface area (Å²) in [5.41, 5.74) is 12.5. The van der Waals surface area contributed by atoms with E-state index in [9.17, 15) is 9.18 Å². The summed E-state index contributed by atoms with van der Waals surface area (Å²) in [6.07, 6.45) is 1.41. The first-order valence-electron chi connectivity index (χ1n) is 8.17. The van der Waals surface area contributed by atoms with Gasteiger partial charge in [0, 0.05) is 12.7 Å². The minimum absolute atomic E-state index is 0.0980. The van der Waals surface area contributed by atoms with E-state index in [0.717, 1.165) is 0 Å². The third-order valence-corrected chi connectivity index (χ3v) is 4.06. The van der Waals surface area contributed by atoms with Crippen molar-refractivity contribution in [2.24, 2.45) is 5.73 Å². The Labute approximate surface area is 154 Å². The third kappa shape index (κ3) is 3.22. The number of nitrogens with two attached hydrogens (primary N) is 2. The fourth-order valence-electron chi connectivity index (χ4n) is 2.82. The number of likely N-dealkylation sites (N-methyl/N-ethyl adjacent to an activating group) is 1. The van der Waals surface area contributed by atoms with Crippen molar-refractivity contribution in [1.29, 1.82) is 0 Å². The van der Waals surface area contributed by atoms with E-state index in [2.05, 4.69) is 20.7 Å². The molecule has 9 nitrogen and oxygen atoms in total. The predicted molar refractivity (Wildman–Crippen MR) is 95.0 cm³/mol. The highest BCUT2D eigenvalue weighted by Crippen LogP contribution is 2.38. The number of quaternary nitrogens is 1. The van der Waals surface area contributed by atoms with Crippen LogP contribution < -0.4 is 31.4 Å². The lowest BCUT2D eigenvalue weighted by Crippen LogP contribution is -2.89. The predicted octanol–water partition coefficient (Wildman–Crippen LogP) is -0.224. The van der Waals surface area contributed by atoms with Crippen molar-refractivity contribution >= 4 is 17.3 Å². The number of carbonyl (C=O) groups excluding carboxylic acids is 1. The summed E-state index contributed by atoms with van der Waals surface area (Å²) in [6.45, 7) is 2.26. The van der Waals surface area contributed by atoms with Crippen LogP contribution >= 0.6 is 0 Å². The van der Waals surface area contributed by atoms with Gasteiger partial charge in [-0.2, -0.15) is 4.98 Å². The first-order valence-corrected chi connectivity index (χ1v) is 8.17. The van der Waals surface area contributed by atoms with Crippen LogP contribution in [0.1, 0.15) is 12.5 Å². The van der Waals surface area contributed by atoms with Crippen LogP contribution in [0.5, 0.6) is 11.9 Å². The number of fused-ring (bicyclic) bond motifs is 1. The Morgan fingerprint density at radius 3 is 2.78 bits per heavy atom. The van der Waals surface area contributed by atoms with Crippen LogP contribution in [0, 0.1) is 5.82 Å². The number of nitrogens with zero attached hydrogens (tertiary/aromatic N) is 2. The van der Waals surface area contributed by atoms with Gasteiger partial charge in [0.25, 0.3) is 5.91 Å². The zero-order valence-corrected chi connectivity index (χ0v) is 15.1. The number of amides is 1. The number of carbonyl (C=O) groups is 1. The van der Waals surface area contributed by atoms with Crippen LogP contribution in [0.4, 0.5) is 10.1 Å². The Kier molecular flexibility index (Phi) is 5.08. The average Bonchev–Trinajstić information content (AvgIpc) is 2.68. The number of aromatic nitrogens is 2. The molecule has 0 saturated carbocycles. The van der Waals surface area contributed by atoms with Crippen molar-refractivity contribution in [1.82, 2.24) is 20.7 Å². The fourth-order valence-corrected chi connectivity index (χ4v) is 2.82. The third-order valence-electron chi connectivity index (χ3n) is 4.06. The Bertz CT molecular complexity index is 931. The first kappa shape index (κ1) is 18.4. The Balaban J connectivity index is 2.18. The highest BCUT2D eigenvalue weighted by molar-refractivity contribution is 6.02. The molecule has 0 radical (unpaired) electrons. The van der Waals surface area contributed by atoms with Crippen LogP contribution in [-0.2, 0) is 4.79 Å². The second kappa shape index (κ2) is 7.46. The number of rotatable bonds is 5. The molecule has 142 valence electrons. The van der Waals surface area contributed by atoms with Gasteiger partial charge in [-0.25, -0.2) is 20.2 Å².